The average Bonchev–Trinajstić information content (AvgIpc) is 2.85. The van der Waals surface area contributed by atoms with Crippen LogP contribution in [0.15, 0.2) is 35.3 Å². The van der Waals surface area contributed by atoms with E-state index in [2.05, 4.69) is 10.3 Å². The zero-order chi connectivity index (χ0) is 25.5. The third kappa shape index (κ3) is 3.98. The van der Waals surface area contributed by atoms with Crippen molar-refractivity contribution in [2.24, 2.45) is 0 Å². The summed E-state index contributed by atoms with van der Waals surface area (Å²) in [6, 6.07) is 5.91. The smallest absolute Gasteiger partial charge is 0.268 e. The first-order valence-electron chi connectivity index (χ1n) is 11.4. The number of hydrogen-bond donors (Lipinski definition) is 2. The molecule has 2 N–H and O–H groups in total. The van der Waals surface area contributed by atoms with E-state index >= 15 is 0 Å². The standard InChI is InChI=1S/C25H27FN4O5/c1-5-29(6-2)24(34)25(3)13-30-19-18(20(31)17(23(30)33)22(32)27-4)28-12-15(21(19)35-25)11-14-7-9-16(26)10-8-14/h7-10,12,31H,5-6,11,13H2,1-4H3,(H,27,32)/t25-/m1/s1. The number of benzene rings is 1. The van der Waals surface area contributed by atoms with Crippen LogP contribution in [-0.2, 0) is 17.8 Å². The van der Waals surface area contributed by atoms with Crippen molar-refractivity contribution in [3.63, 3.8) is 0 Å². The summed E-state index contributed by atoms with van der Waals surface area (Å²) in [4.78, 5) is 45.3. The Balaban J connectivity index is 1.98. The molecule has 3 aromatic rings. The summed E-state index contributed by atoms with van der Waals surface area (Å²) in [5, 5.41) is 13.2. The van der Waals surface area contributed by atoms with Gasteiger partial charge in [-0.15, -0.1) is 0 Å². The largest absolute Gasteiger partial charge is 0.505 e. The van der Waals surface area contributed by atoms with Crippen molar-refractivity contribution < 1.29 is 23.8 Å². The van der Waals surface area contributed by atoms with Gasteiger partial charge in [-0.25, -0.2) is 4.39 Å². The molecule has 0 bridgehead atoms. The molecule has 1 aliphatic rings. The first-order valence-corrected chi connectivity index (χ1v) is 11.4. The zero-order valence-electron chi connectivity index (χ0n) is 20.0. The van der Waals surface area contributed by atoms with E-state index < -0.39 is 28.4 Å². The number of amides is 2. The lowest BCUT2D eigenvalue weighted by Gasteiger charge is -2.39. The molecular formula is C25H27FN4O5. The number of pyridine rings is 2. The van der Waals surface area contributed by atoms with Crippen LogP contribution in [0.25, 0.3) is 11.0 Å². The van der Waals surface area contributed by atoms with Crippen molar-refractivity contribution in [1.82, 2.24) is 19.8 Å². The molecule has 3 heterocycles. The fourth-order valence-electron chi connectivity index (χ4n) is 4.46. The van der Waals surface area contributed by atoms with Crippen LogP contribution in [0.2, 0.25) is 0 Å². The summed E-state index contributed by atoms with van der Waals surface area (Å²) in [5.41, 5.74) is -1.14. The number of aromatic nitrogens is 2. The van der Waals surface area contributed by atoms with E-state index in [1.165, 1.54) is 29.9 Å². The Morgan fingerprint density at radius 3 is 2.51 bits per heavy atom. The average molecular weight is 483 g/mol. The van der Waals surface area contributed by atoms with Crippen LogP contribution < -0.4 is 15.6 Å². The maximum Gasteiger partial charge on any atom is 0.268 e. The van der Waals surface area contributed by atoms with Crippen molar-refractivity contribution in [3.05, 3.63) is 63.3 Å². The molecule has 0 fully saturated rings. The van der Waals surface area contributed by atoms with Gasteiger partial charge in [0.2, 0.25) is 5.60 Å². The lowest BCUT2D eigenvalue weighted by Crippen LogP contribution is -2.56. The molecule has 0 aliphatic carbocycles. The third-order valence-corrected chi connectivity index (χ3v) is 6.32. The van der Waals surface area contributed by atoms with Crippen molar-refractivity contribution in [2.45, 2.75) is 39.3 Å². The summed E-state index contributed by atoms with van der Waals surface area (Å²) >= 11 is 0. The van der Waals surface area contributed by atoms with Gasteiger partial charge in [0.25, 0.3) is 17.4 Å². The number of halogens is 1. The number of carbonyl (C=O) groups excluding carboxylic acids is 2. The Bertz CT molecular complexity index is 1380. The van der Waals surface area contributed by atoms with Gasteiger partial charge in [0.1, 0.15) is 22.4 Å². The summed E-state index contributed by atoms with van der Waals surface area (Å²) < 4.78 is 21.0. The van der Waals surface area contributed by atoms with Gasteiger partial charge in [0, 0.05) is 38.3 Å². The van der Waals surface area contributed by atoms with Gasteiger partial charge in [-0.1, -0.05) is 12.1 Å². The summed E-state index contributed by atoms with van der Waals surface area (Å²) in [7, 11) is 1.35. The molecule has 184 valence electrons. The van der Waals surface area contributed by atoms with Crippen LogP contribution in [0.1, 0.15) is 42.3 Å². The molecule has 0 spiro atoms. The van der Waals surface area contributed by atoms with Crippen LogP contribution in [0.5, 0.6) is 11.5 Å². The summed E-state index contributed by atoms with van der Waals surface area (Å²) in [6.45, 7) is 6.02. The van der Waals surface area contributed by atoms with E-state index in [1.807, 2.05) is 13.8 Å². The SMILES string of the molecule is CCN(CC)C(=O)[C@@]1(C)Cn2c(=O)c(C(=O)NC)c(O)c3ncc(Cc4ccc(F)cc4)c(c32)O1. The molecule has 4 rings (SSSR count). The number of carbonyl (C=O) groups is 2. The molecule has 0 radical (unpaired) electrons. The Labute approximate surface area is 201 Å². The quantitative estimate of drug-likeness (QED) is 0.557. The van der Waals surface area contributed by atoms with Crippen molar-refractivity contribution in [1.29, 1.82) is 0 Å². The van der Waals surface area contributed by atoms with Crippen molar-refractivity contribution >= 4 is 22.8 Å². The number of nitrogens with one attached hydrogen (secondary N) is 1. The maximum absolute atomic E-state index is 13.5. The Kier molecular flexibility index (Phi) is 6.23. The molecule has 0 saturated carbocycles. The first-order chi connectivity index (χ1) is 16.6. The predicted molar refractivity (Wildman–Crippen MR) is 127 cm³/mol. The van der Waals surface area contributed by atoms with Gasteiger partial charge in [-0.05, 0) is 38.5 Å². The summed E-state index contributed by atoms with van der Waals surface area (Å²) in [6.07, 6.45) is 1.75. The Hall–Kier alpha value is -3.95. The van der Waals surface area contributed by atoms with Crippen molar-refractivity contribution in [3.8, 4) is 11.5 Å². The minimum absolute atomic E-state index is 0.0124. The van der Waals surface area contributed by atoms with E-state index in [0.29, 0.717) is 18.7 Å². The second-order valence-electron chi connectivity index (χ2n) is 8.62. The molecular weight excluding hydrogens is 455 g/mol. The maximum atomic E-state index is 13.5. The van der Waals surface area contributed by atoms with Gasteiger partial charge in [0.05, 0.1) is 6.54 Å². The molecule has 1 atom stereocenters. The molecule has 0 unspecified atom stereocenters. The molecule has 0 saturated heterocycles. The fourth-order valence-corrected chi connectivity index (χ4v) is 4.46. The van der Waals surface area contributed by atoms with Gasteiger partial charge in [-0.2, -0.15) is 0 Å². The fraction of sp³-hybridized carbons (Fsp3) is 0.360. The summed E-state index contributed by atoms with van der Waals surface area (Å²) in [5.74, 6) is -1.80. The third-order valence-electron chi connectivity index (χ3n) is 6.32. The molecule has 2 aromatic heterocycles. The number of rotatable bonds is 6. The highest BCUT2D eigenvalue weighted by Gasteiger charge is 2.44. The van der Waals surface area contributed by atoms with Crippen LogP contribution in [-0.4, -0.2) is 57.1 Å². The molecule has 10 heteroatoms. The van der Waals surface area contributed by atoms with Crippen LogP contribution in [0, 0.1) is 5.82 Å². The van der Waals surface area contributed by atoms with Gasteiger partial charge >= 0.3 is 0 Å². The Morgan fingerprint density at radius 2 is 1.91 bits per heavy atom. The highest BCUT2D eigenvalue weighted by molar-refractivity contribution is 6.02. The second-order valence-corrected chi connectivity index (χ2v) is 8.62. The van der Waals surface area contributed by atoms with Crippen LogP contribution >= 0.6 is 0 Å². The van der Waals surface area contributed by atoms with Crippen LogP contribution in [0.3, 0.4) is 0 Å². The lowest BCUT2D eigenvalue weighted by molar-refractivity contribution is -0.148. The van der Waals surface area contributed by atoms with Gasteiger partial charge in [0.15, 0.2) is 11.5 Å². The first kappa shape index (κ1) is 24.2. The zero-order valence-corrected chi connectivity index (χ0v) is 20.0. The van der Waals surface area contributed by atoms with E-state index in [0.717, 1.165) is 5.56 Å². The number of hydrogen-bond acceptors (Lipinski definition) is 6. The molecule has 2 amide bonds. The van der Waals surface area contributed by atoms with Crippen molar-refractivity contribution in [2.75, 3.05) is 20.1 Å². The highest BCUT2D eigenvalue weighted by Crippen LogP contribution is 2.40. The minimum atomic E-state index is -1.45. The monoisotopic (exact) mass is 482 g/mol. The van der Waals surface area contributed by atoms with E-state index in [1.54, 1.807) is 24.0 Å². The van der Waals surface area contributed by atoms with E-state index in [4.69, 9.17) is 4.74 Å². The van der Waals surface area contributed by atoms with Gasteiger partial charge in [-0.3, -0.25) is 23.9 Å². The normalized spacial score (nSPS) is 16.6. The number of ether oxygens (including phenoxy) is 1. The topological polar surface area (TPSA) is 114 Å². The number of likely N-dealkylation sites (N-methyl/N-ethyl adjacent to an activating group) is 1. The molecule has 9 nitrogen and oxygen atoms in total. The molecule has 35 heavy (non-hydrogen) atoms. The number of aromatic hydroxyl groups is 1. The predicted octanol–water partition coefficient (Wildman–Crippen LogP) is 2.21. The minimum Gasteiger partial charge on any atom is -0.505 e. The van der Waals surface area contributed by atoms with E-state index in [9.17, 15) is 23.9 Å². The van der Waals surface area contributed by atoms with Gasteiger partial charge < -0.3 is 20.1 Å². The second kappa shape index (κ2) is 9.01. The van der Waals surface area contributed by atoms with E-state index in [-0.39, 0.29) is 41.5 Å². The lowest BCUT2D eigenvalue weighted by atomic mass is 9.98. The number of nitrogens with zero attached hydrogens (tertiary/aromatic N) is 3. The Morgan fingerprint density at radius 1 is 1.26 bits per heavy atom. The highest BCUT2D eigenvalue weighted by atomic mass is 19.1. The van der Waals surface area contributed by atoms with Crippen LogP contribution in [0.4, 0.5) is 4.39 Å². The molecule has 1 aliphatic heterocycles. The molecule has 1 aromatic carbocycles.